The van der Waals surface area contributed by atoms with E-state index in [1.165, 1.54) is 0 Å². The van der Waals surface area contributed by atoms with Crippen molar-refractivity contribution in [2.24, 2.45) is 5.92 Å². The molecule has 0 fully saturated rings. The van der Waals surface area contributed by atoms with Crippen LogP contribution in [-0.4, -0.2) is 16.0 Å². The lowest BCUT2D eigenvalue weighted by molar-refractivity contribution is 0.539. The second kappa shape index (κ2) is 4.82. The fourth-order valence-electron chi connectivity index (χ4n) is 1.58. The molecule has 0 saturated heterocycles. The van der Waals surface area contributed by atoms with Crippen LogP contribution in [0.2, 0.25) is 0 Å². The minimum absolute atomic E-state index is 0.203. The molecule has 0 bridgehead atoms. The number of rotatable bonds is 4. The summed E-state index contributed by atoms with van der Waals surface area (Å²) in [6.07, 6.45) is 1.07. The van der Waals surface area contributed by atoms with Gasteiger partial charge in [0.2, 0.25) is 5.95 Å². The quantitative estimate of drug-likeness (QED) is 0.699. The van der Waals surface area contributed by atoms with Crippen LogP contribution in [0, 0.1) is 5.92 Å². The highest BCUT2D eigenvalue weighted by Crippen LogP contribution is 2.13. The lowest BCUT2D eigenvalue weighted by Gasteiger charge is -2.16. The summed E-state index contributed by atoms with van der Waals surface area (Å²) in [6.45, 7) is 6.47. The summed E-state index contributed by atoms with van der Waals surface area (Å²) >= 11 is 0. The number of anilines is 3. The average molecular weight is 209 g/mol. The van der Waals surface area contributed by atoms with Gasteiger partial charge in [0, 0.05) is 12.1 Å². The van der Waals surface area contributed by atoms with Crippen molar-refractivity contribution < 1.29 is 0 Å². The van der Waals surface area contributed by atoms with Gasteiger partial charge in [0.05, 0.1) is 0 Å². The minimum Gasteiger partial charge on any atom is -0.383 e. The Morgan fingerprint density at radius 3 is 2.47 bits per heavy atom. The fraction of sp³-hybridized carbons (Fsp3) is 0.600. The Morgan fingerprint density at radius 1 is 1.27 bits per heavy atom. The maximum atomic E-state index is 5.57. The Bertz CT molecular complexity index is 303. The lowest BCUT2D eigenvalue weighted by Crippen LogP contribution is -2.19. The molecule has 0 aromatic carbocycles. The van der Waals surface area contributed by atoms with Crippen molar-refractivity contribution >= 4 is 17.6 Å². The topological polar surface area (TPSA) is 89.8 Å². The molecule has 5 heteroatoms. The third kappa shape index (κ3) is 4.01. The molecule has 1 aromatic heterocycles. The van der Waals surface area contributed by atoms with E-state index in [2.05, 4.69) is 36.1 Å². The first-order valence-corrected chi connectivity index (χ1v) is 5.14. The van der Waals surface area contributed by atoms with E-state index in [1.54, 1.807) is 6.07 Å². The molecule has 1 unspecified atom stereocenters. The Hall–Kier alpha value is -1.52. The molecule has 0 aliphatic heterocycles. The van der Waals surface area contributed by atoms with Crippen LogP contribution in [0.1, 0.15) is 27.2 Å². The maximum Gasteiger partial charge on any atom is 0.223 e. The van der Waals surface area contributed by atoms with Crippen molar-refractivity contribution in [2.45, 2.75) is 33.2 Å². The summed E-state index contributed by atoms with van der Waals surface area (Å²) in [5.74, 6) is 1.92. The molecule has 5 nitrogen and oxygen atoms in total. The van der Waals surface area contributed by atoms with Crippen molar-refractivity contribution in [3.8, 4) is 0 Å². The van der Waals surface area contributed by atoms with E-state index in [0.29, 0.717) is 23.6 Å². The molecule has 1 heterocycles. The van der Waals surface area contributed by atoms with Gasteiger partial charge in [0.1, 0.15) is 11.6 Å². The van der Waals surface area contributed by atoms with E-state index in [0.717, 1.165) is 6.42 Å². The van der Waals surface area contributed by atoms with Gasteiger partial charge < -0.3 is 16.8 Å². The zero-order valence-corrected chi connectivity index (χ0v) is 9.49. The van der Waals surface area contributed by atoms with Gasteiger partial charge in [-0.3, -0.25) is 0 Å². The van der Waals surface area contributed by atoms with Crippen LogP contribution >= 0.6 is 0 Å². The summed E-state index contributed by atoms with van der Waals surface area (Å²) in [5, 5.41) is 3.24. The van der Waals surface area contributed by atoms with E-state index in [1.807, 2.05) is 0 Å². The van der Waals surface area contributed by atoms with Gasteiger partial charge in [-0.25, -0.2) is 0 Å². The Labute approximate surface area is 90.3 Å². The fourth-order valence-corrected chi connectivity index (χ4v) is 1.58. The molecule has 0 aliphatic rings. The van der Waals surface area contributed by atoms with Crippen molar-refractivity contribution in [2.75, 3.05) is 16.8 Å². The average Bonchev–Trinajstić information content (AvgIpc) is 1.98. The number of nitrogens with zero attached hydrogens (tertiary/aromatic N) is 2. The van der Waals surface area contributed by atoms with Crippen LogP contribution in [0.15, 0.2) is 6.07 Å². The summed E-state index contributed by atoms with van der Waals surface area (Å²) in [4.78, 5) is 7.86. The van der Waals surface area contributed by atoms with E-state index < -0.39 is 0 Å². The van der Waals surface area contributed by atoms with Crippen molar-refractivity contribution in [1.29, 1.82) is 0 Å². The first-order valence-electron chi connectivity index (χ1n) is 5.14. The Kier molecular flexibility index (Phi) is 3.71. The molecule has 0 spiro atoms. The number of nitrogens with one attached hydrogen (secondary N) is 1. The molecule has 0 amide bonds. The Morgan fingerprint density at radius 2 is 1.93 bits per heavy atom. The monoisotopic (exact) mass is 209 g/mol. The molecule has 5 N–H and O–H groups in total. The van der Waals surface area contributed by atoms with Crippen LogP contribution in [0.5, 0.6) is 0 Å². The van der Waals surface area contributed by atoms with Crippen molar-refractivity contribution in [3.63, 3.8) is 0 Å². The predicted molar refractivity (Wildman–Crippen MR) is 63.4 cm³/mol. The molecule has 1 aromatic rings. The highest BCUT2D eigenvalue weighted by atomic mass is 15.1. The van der Waals surface area contributed by atoms with Gasteiger partial charge in [0.25, 0.3) is 0 Å². The number of hydrogen-bond acceptors (Lipinski definition) is 5. The van der Waals surface area contributed by atoms with Crippen LogP contribution in [0.3, 0.4) is 0 Å². The summed E-state index contributed by atoms with van der Waals surface area (Å²) in [5.41, 5.74) is 11.1. The maximum absolute atomic E-state index is 5.57. The SMILES string of the molecule is CC(C)CC(C)Nc1cc(N)nc(N)n1. The van der Waals surface area contributed by atoms with Gasteiger partial charge in [0.15, 0.2) is 0 Å². The molecule has 1 rings (SSSR count). The number of nitrogens with two attached hydrogens (primary N) is 2. The lowest BCUT2D eigenvalue weighted by atomic mass is 10.1. The zero-order chi connectivity index (χ0) is 11.4. The second-order valence-electron chi connectivity index (χ2n) is 4.21. The molecule has 1 atom stereocenters. The van der Waals surface area contributed by atoms with Crippen LogP contribution in [-0.2, 0) is 0 Å². The summed E-state index contributed by atoms with van der Waals surface area (Å²) in [6, 6.07) is 2.03. The summed E-state index contributed by atoms with van der Waals surface area (Å²) in [7, 11) is 0. The minimum atomic E-state index is 0.203. The first-order chi connectivity index (χ1) is 6.97. The van der Waals surface area contributed by atoms with Crippen LogP contribution in [0.25, 0.3) is 0 Å². The number of nitrogen functional groups attached to an aromatic ring is 2. The number of aromatic nitrogens is 2. The molecule has 0 saturated carbocycles. The highest BCUT2D eigenvalue weighted by molar-refractivity contribution is 5.48. The predicted octanol–water partition coefficient (Wildman–Crippen LogP) is 1.49. The molecule has 15 heavy (non-hydrogen) atoms. The molecule has 0 aliphatic carbocycles. The molecular formula is C10H19N5. The third-order valence-corrected chi connectivity index (χ3v) is 1.98. The Balaban J connectivity index is 2.63. The largest absolute Gasteiger partial charge is 0.383 e. The smallest absolute Gasteiger partial charge is 0.223 e. The second-order valence-corrected chi connectivity index (χ2v) is 4.21. The van der Waals surface area contributed by atoms with Gasteiger partial charge in [-0.2, -0.15) is 9.97 Å². The molecule has 84 valence electrons. The van der Waals surface area contributed by atoms with Crippen molar-refractivity contribution in [3.05, 3.63) is 6.07 Å². The van der Waals surface area contributed by atoms with Gasteiger partial charge in [-0.15, -0.1) is 0 Å². The van der Waals surface area contributed by atoms with E-state index in [9.17, 15) is 0 Å². The standard InChI is InChI=1S/C10H19N5/c1-6(2)4-7(3)13-9-5-8(11)14-10(12)15-9/h5-7H,4H2,1-3H3,(H5,11,12,13,14,15). The van der Waals surface area contributed by atoms with Crippen molar-refractivity contribution in [1.82, 2.24) is 9.97 Å². The molecule has 0 radical (unpaired) electrons. The molecular weight excluding hydrogens is 190 g/mol. The van der Waals surface area contributed by atoms with Crippen LogP contribution < -0.4 is 16.8 Å². The normalized spacial score (nSPS) is 12.8. The first kappa shape index (κ1) is 11.6. The highest BCUT2D eigenvalue weighted by Gasteiger charge is 2.06. The third-order valence-electron chi connectivity index (χ3n) is 1.98. The van der Waals surface area contributed by atoms with Crippen LogP contribution in [0.4, 0.5) is 17.6 Å². The number of hydrogen-bond donors (Lipinski definition) is 3. The summed E-state index contributed by atoms with van der Waals surface area (Å²) < 4.78 is 0. The van der Waals surface area contributed by atoms with Gasteiger partial charge in [-0.1, -0.05) is 13.8 Å². The zero-order valence-electron chi connectivity index (χ0n) is 9.49. The van der Waals surface area contributed by atoms with E-state index in [4.69, 9.17) is 11.5 Å². The van der Waals surface area contributed by atoms with Gasteiger partial charge >= 0.3 is 0 Å². The van der Waals surface area contributed by atoms with Gasteiger partial charge in [-0.05, 0) is 19.3 Å². The van der Waals surface area contributed by atoms with E-state index in [-0.39, 0.29) is 5.95 Å². The van der Waals surface area contributed by atoms with E-state index >= 15 is 0 Å².